The van der Waals surface area contributed by atoms with Gasteiger partial charge in [0.1, 0.15) is 22.6 Å². The fourth-order valence-corrected chi connectivity index (χ4v) is 3.46. The van der Waals surface area contributed by atoms with Gasteiger partial charge >= 0.3 is 11.8 Å². The number of nitrogen functional groups attached to an aromatic ring is 1. The number of rotatable bonds is 9. The van der Waals surface area contributed by atoms with Gasteiger partial charge in [0.25, 0.3) is 5.56 Å². The highest BCUT2D eigenvalue weighted by Gasteiger charge is 2.31. The molecule has 0 aromatic carbocycles. The average Bonchev–Trinajstić information content (AvgIpc) is 3.11. The monoisotopic (exact) mass is 493 g/mol. The number of hydrogen-bond donors (Lipinski definition) is 3. The van der Waals surface area contributed by atoms with Crippen LogP contribution in [0.3, 0.4) is 0 Å². The Morgan fingerprint density at radius 2 is 1.80 bits per heavy atom. The first-order chi connectivity index (χ1) is 16.0. The van der Waals surface area contributed by atoms with Gasteiger partial charge in [0, 0.05) is 13.1 Å². The van der Waals surface area contributed by atoms with Crippen molar-refractivity contribution in [3.63, 3.8) is 0 Å². The Morgan fingerprint density at radius 1 is 1.17 bits per heavy atom. The van der Waals surface area contributed by atoms with Gasteiger partial charge in [-0.25, -0.2) is 9.59 Å². The number of nitrogens with one attached hydrogen (secondary N) is 2. The van der Waals surface area contributed by atoms with Crippen molar-refractivity contribution in [3.8, 4) is 0 Å². The first-order valence-electron chi connectivity index (χ1n) is 11.7. The van der Waals surface area contributed by atoms with E-state index in [9.17, 15) is 14.4 Å². The molecule has 0 unspecified atom stereocenters. The molecule has 2 aromatic heterocycles. The van der Waals surface area contributed by atoms with Gasteiger partial charge in [0.05, 0.1) is 6.54 Å². The number of H-pyrrole nitrogens is 1. The van der Waals surface area contributed by atoms with Crippen LogP contribution in [-0.2, 0) is 23.4 Å². The van der Waals surface area contributed by atoms with Gasteiger partial charge in [0.2, 0.25) is 5.89 Å². The maximum Gasteiger partial charge on any atom is 0.408 e. The Bertz CT molecular complexity index is 1140. The van der Waals surface area contributed by atoms with Crippen LogP contribution in [-0.4, -0.2) is 37.9 Å². The van der Waals surface area contributed by atoms with Gasteiger partial charge in [-0.05, 0) is 46.5 Å². The summed E-state index contributed by atoms with van der Waals surface area (Å²) in [6, 6.07) is 0. The molecule has 0 aliphatic carbocycles. The Labute approximate surface area is 205 Å². The van der Waals surface area contributed by atoms with Crippen molar-refractivity contribution in [1.82, 2.24) is 25.0 Å². The Hall–Kier alpha value is -3.31. The standard InChI is InChI=1S/C23H39N7O5/c1-13(2)10-29(16-17(24)30(11-14(3)4)20(32)26-18(16)31)12-15-25-19(28-35-15)23(8,9)27-21(33)34-22(5,6)7/h13-14H,10-12,24H2,1-9H3,(H,27,33)(H,26,31,32). The zero-order valence-electron chi connectivity index (χ0n) is 22.2. The fourth-order valence-electron chi connectivity index (χ4n) is 3.46. The first kappa shape index (κ1) is 27.9. The summed E-state index contributed by atoms with van der Waals surface area (Å²) in [6.45, 7) is 17.6. The summed E-state index contributed by atoms with van der Waals surface area (Å²) in [5, 5.41) is 6.76. The maximum atomic E-state index is 12.8. The van der Waals surface area contributed by atoms with E-state index in [1.807, 2.05) is 27.7 Å². The number of nitrogens with two attached hydrogens (primary N) is 1. The van der Waals surface area contributed by atoms with Crippen LogP contribution >= 0.6 is 0 Å². The second kappa shape index (κ2) is 10.5. The molecule has 1 amide bonds. The molecule has 12 nitrogen and oxygen atoms in total. The van der Waals surface area contributed by atoms with Crippen LogP contribution in [0, 0.1) is 11.8 Å². The van der Waals surface area contributed by atoms with Gasteiger partial charge in [-0.3, -0.25) is 14.3 Å². The molecule has 12 heteroatoms. The van der Waals surface area contributed by atoms with E-state index < -0.39 is 28.5 Å². The second-order valence-corrected chi connectivity index (χ2v) is 11.0. The van der Waals surface area contributed by atoms with E-state index in [1.54, 1.807) is 39.5 Å². The van der Waals surface area contributed by atoms with Crippen molar-refractivity contribution in [2.75, 3.05) is 17.2 Å². The molecule has 2 aromatic rings. The van der Waals surface area contributed by atoms with Crippen molar-refractivity contribution >= 4 is 17.6 Å². The molecule has 2 heterocycles. The van der Waals surface area contributed by atoms with E-state index in [0.29, 0.717) is 13.1 Å². The van der Waals surface area contributed by atoms with Crippen LogP contribution in [0.5, 0.6) is 0 Å². The van der Waals surface area contributed by atoms with Gasteiger partial charge in [-0.1, -0.05) is 32.9 Å². The summed E-state index contributed by atoms with van der Waals surface area (Å²) in [5.74, 6) is 0.854. The highest BCUT2D eigenvalue weighted by molar-refractivity contribution is 5.68. The largest absolute Gasteiger partial charge is 0.444 e. The Morgan fingerprint density at radius 3 is 2.34 bits per heavy atom. The molecule has 0 bridgehead atoms. The first-order valence-corrected chi connectivity index (χ1v) is 11.7. The van der Waals surface area contributed by atoms with E-state index >= 15 is 0 Å². The molecule has 0 aliphatic rings. The van der Waals surface area contributed by atoms with E-state index in [2.05, 4.69) is 20.4 Å². The summed E-state index contributed by atoms with van der Waals surface area (Å²) >= 11 is 0. The zero-order chi connectivity index (χ0) is 26.7. The van der Waals surface area contributed by atoms with Crippen molar-refractivity contribution in [2.24, 2.45) is 11.8 Å². The number of hydrogen-bond acceptors (Lipinski definition) is 9. The van der Waals surface area contributed by atoms with Gasteiger partial charge < -0.3 is 25.2 Å². The van der Waals surface area contributed by atoms with Gasteiger partial charge in [-0.15, -0.1) is 0 Å². The number of anilines is 2. The van der Waals surface area contributed by atoms with Crippen LogP contribution in [0.4, 0.5) is 16.3 Å². The van der Waals surface area contributed by atoms with E-state index in [0.717, 1.165) is 0 Å². The number of aromatic nitrogens is 4. The highest BCUT2D eigenvalue weighted by atomic mass is 16.6. The SMILES string of the molecule is CC(C)CN(Cc1nc(C(C)(C)NC(=O)OC(C)(C)C)no1)c1c(N)n(CC(C)C)c(=O)[nH]c1=O. The summed E-state index contributed by atoms with van der Waals surface area (Å²) in [4.78, 5) is 45.9. The summed E-state index contributed by atoms with van der Waals surface area (Å²) < 4.78 is 12.1. The third-order valence-corrected chi connectivity index (χ3v) is 4.83. The van der Waals surface area contributed by atoms with Crippen LogP contribution in [0.25, 0.3) is 0 Å². The molecule has 196 valence electrons. The van der Waals surface area contributed by atoms with Gasteiger partial charge in [0.15, 0.2) is 5.82 Å². The Balaban J connectivity index is 2.37. The summed E-state index contributed by atoms with van der Waals surface area (Å²) in [7, 11) is 0. The Kier molecular flexibility index (Phi) is 8.40. The van der Waals surface area contributed by atoms with E-state index in [1.165, 1.54) is 4.57 Å². The predicted octanol–water partition coefficient (Wildman–Crippen LogP) is 2.58. The lowest BCUT2D eigenvalue weighted by molar-refractivity contribution is 0.0465. The lowest BCUT2D eigenvalue weighted by Gasteiger charge is -2.27. The third kappa shape index (κ3) is 7.59. The maximum absolute atomic E-state index is 12.8. The minimum atomic E-state index is -0.978. The average molecular weight is 494 g/mol. The van der Waals surface area contributed by atoms with E-state index in [4.69, 9.17) is 15.0 Å². The van der Waals surface area contributed by atoms with Crippen LogP contribution in [0.1, 0.15) is 74.0 Å². The molecular formula is C23H39N7O5. The molecule has 0 aliphatic heterocycles. The number of amides is 1. The molecule has 0 spiro atoms. The number of aromatic amines is 1. The van der Waals surface area contributed by atoms with Crippen LogP contribution < -0.4 is 27.2 Å². The molecule has 0 saturated heterocycles. The molecule has 0 radical (unpaired) electrons. The number of alkyl carbamates (subject to hydrolysis) is 1. The van der Waals surface area contributed by atoms with Crippen molar-refractivity contribution in [1.29, 1.82) is 0 Å². The number of carbonyl (C=O) groups excluding carboxylic acids is 1. The quantitative estimate of drug-likeness (QED) is 0.476. The van der Waals surface area contributed by atoms with E-state index in [-0.39, 0.29) is 41.6 Å². The van der Waals surface area contributed by atoms with Crippen molar-refractivity contribution < 1.29 is 14.1 Å². The molecule has 0 atom stereocenters. The summed E-state index contributed by atoms with van der Waals surface area (Å²) in [6.07, 6.45) is -0.609. The lowest BCUT2D eigenvalue weighted by Crippen LogP contribution is -2.44. The molecule has 0 fully saturated rings. The minimum absolute atomic E-state index is 0.0831. The number of ether oxygens (including phenoxy) is 1. The molecular weight excluding hydrogens is 454 g/mol. The van der Waals surface area contributed by atoms with Crippen LogP contribution in [0.15, 0.2) is 14.1 Å². The molecule has 2 rings (SSSR count). The smallest absolute Gasteiger partial charge is 0.408 e. The van der Waals surface area contributed by atoms with Crippen LogP contribution in [0.2, 0.25) is 0 Å². The molecule has 0 saturated carbocycles. The number of nitrogens with zero attached hydrogens (tertiary/aromatic N) is 4. The minimum Gasteiger partial charge on any atom is -0.444 e. The van der Waals surface area contributed by atoms with Crippen molar-refractivity contribution in [3.05, 3.63) is 32.6 Å². The normalized spacial score (nSPS) is 12.3. The third-order valence-electron chi connectivity index (χ3n) is 4.83. The topological polar surface area (TPSA) is 161 Å². The predicted molar refractivity (Wildman–Crippen MR) is 133 cm³/mol. The highest BCUT2D eigenvalue weighted by Crippen LogP contribution is 2.23. The summed E-state index contributed by atoms with van der Waals surface area (Å²) in [5.41, 5.74) is 3.72. The molecule has 35 heavy (non-hydrogen) atoms. The second-order valence-electron chi connectivity index (χ2n) is 11.0. The lowest BCUT2D eigenvalue weighted by atomic mass is 10.1. The van der Waals surface area contributed by atoms with Crippen molar-refractivity contribution in [2.45, 2.75) is 86.5 Å². The molecule has 4 N–H and O–H groups in total. The zero-order valence-corrected chi connectivity index (χ0v) is 22.2. The fraction of sp³-hybridized carbons (Fsp3) is 0.696. The number of carbonyl (C=O) groups is 1. The van der Waals surface area contributed by atoms with Gasteiger partial charge in [-0.2, -0.15) is 4.98 Å².